The maximum Gasteiger partial charge on any atom is 0.243 e. The van der Waals surface area contributed by atoms with Crippen LogP contribution in [0.5, 0.6) is 0 Å². The molecule has 1 unspecified atom stereocenters. The van der Waals surface area contributed by atoms with Gasteiger partial charge in [-0.05, 0) is 56.1 Å². The first-order chi connectivity index (χ1) is 13.4. The molecule has 0 N–H and O–H groups in total. The summed E-state index contributed by atoms with van der Waals surface area (Å²) in [6.45, 7) is 3.83. The van der Waals surface area contributed by atoms with Gasteiger partial charge in [-0.3, -0.25) is 9.69 Å². The Morgan fingerprint density at radius 2 is 1.89 bits per heavy atom. The zero-order valence-corrected chi connectivity index (χ0v) is 17.1. The number of rotatable bonds is 3. The number of piperidine rings is 1. The van der Waals surface area contributed by atoms with Crippen LogP contribution in [0.4, 0.5) is 5.69 Å². The summed E-state index contributed by atoms with van der Waals surface area (Å²) in [5.74, 6) is -0.00411. The molecule has 4 heterocycles. The Labute approximate surface area is 166 Å². The van der Waals surface area contributed by atoms with E-state index in [9.17, 15) is 13.2 Å². The predicted octanol–water partition coefficient (Wildman–Crippen LogP) is 1.22. The van der Waals surface area contributed by atoms with Gasteiger partial charge in [0.2, 0.25) is 15.9 Å². The maximum atomic E-state index is 13.1. The zero-order valence-electron chi connectivity index (χ0n) is 16.3. The molecule has 3 fully saturated rings. The Hall–Kier alpha value is -1.48. The van der Waals surface area contributed by atoms with Gasteiger partial charge in [0.15, 0.2) is 0 Å². The normalized spacial score (nSPS) is 28.0. The molecule has 152 valence electrons. The number of carbonyl (C=O) groups excluding carboxylic acids is 1. The number of likely N-dealkylation sites (N-methyl/N-ethyl adjacent to an activating group) is 1. The van der Waals surface area contributed by atoms with Gasteiger partial charge in [-0.1, -0.05) is 6.42 Å². The first-order valence-electron chi connectivity index (χ1n) is 10.2. The fraction of sp³-hybridized carbons (Fsp3) is 0.650. The highest BCUT2D eigenvalue weighted by Gasteiger charge is 2.54. The minimum Gasteiger partial charge on any atom is -0.371 e. The van der Waals surface area contributed by atoms with E-state index in [-0.39, 0.29) is 22.8 Å². The first-order valence-corrected chi connectivity index (χ1v) is 11.6. The molecule has 28 heavy (non-hydrogen) atoms. The third kappa shape index (κ3) is 2.89. The van der Waals surface area contributed by atoms with Gasteiger partial charge >= 0.3 is 0 Å². The van der Waals surface area contributed by atoms with Crippen molar-refractivity contribution in [2.45, 2.75) is 48.6 Å². The average molecular weight is 406 g/mol. The van der Waals surface area contributed by atoms with Gasteiger partial charge in [0, 0.05) is 31.9 Å². The lowest BCUT2D eigenvalue weighted by atomic mass is 9.91. The number of likely N-dealkylation sites (tertiary alicyclic amines) is 1. The molecule has 7 nitrogen and oxygen atoms in total. The van der Waals surface area contributed by atoms with E-state index >= 15 is 0 Å². The van der Waals surface area contributed by atoms with E-state index in [1.165, 1.54) is 23.6 Å². The Kier molecular flexibility index (Phi) is 4.32. The van der Waals surface area contributed by atoms with Crippen LogP contribution in [0, 0.1) is 0 Å². The highest BCUT2D eigenvalue weighted by Crippen LogP contribution is 2.40. The van der Waals surface area contributed by atoms with Crippen LogP contribution < -0.4 is 4.90 Å². The summed E-state index contributed by atoms with van der Waals surface area (Å²) in [7, 11) is -1.83. The predicted molar refractivity (Wildman–Crippen MR) is 105 cm³/mol. The monoisotopic (exact) mass is 405 g/mol. The van der Waals surface area contributed by atoms with E-state index in [2.05, 4.69) is 4.90 Å². The van der Waals surface area contributed by atoms with Gasteiger partial charge in [0.1, 0.15) is 0 Å². The molecule has 5 rings (SSSR count). The van der Waals surface area contributed by atoms with E-state index < -0.39 is 10.0 Å². The largest absolute Gasteiger partial charge is 0.371 e. The summed E-state index contributed by atoms with van der Waals surface area (Å²) in [6.07, 6.45) is 4.99. The molecule has 3 saturated heterocycles. The number of ether oxygens (including phenoxy) is 1. The molecule has 4 aliphatic rings. The molecule has 0 aromatic heterocycles. The molecule has 1 spiro atoms. The first kappa shape index (κ1) is 18.5. The summed E-state index contributed by atoms with van der Waals surface area (Å²) in [5.41, 5.74) is 1.26. The highest BCUT2D eigenvalue weighted by molar-refractivity contribution is 7.89. The molecule has 1 atom stereocenters. The second kappa shape index (κ2) is 6.52. The SMILES string of the molecule is CN1C(=O)Cc2cc(S(=O)(=O)N3CC4(CC(N5CCCCC5)CO4)C3)ccc21. The van der Waals surface area contributed by atoms with Crippen molar-refractivity contribution >= 4 is 21.6 Å². The fourth-order valence-corrected chi connectivity index (χ4v) is 6.72. The zero-order chi connectivity index (χ0) is 19.5. The van der Waals surface area contributed by atoms with Crippen LogP contribution in [0.1, 0.15) is 31.2 Å². The van der Waals surface area contributed by atoms with Crippen molar-refractivity contribution in [2.24, 2.45) is 0 Å². The highest BCUT2D eigenvalue weighted by atomic mass is 32.2. The minimum atomic E-state index is -3.55. The number of sulfonamides is 1. The van der Waals surface area contributed by atoms with Crippen molar-refractivity contribution in [1.29, 1.82) is 0 Å². The molecule has 1 aromatic carbocycles. The lowest BCUT2D eigenvalue weighted by molar-refractivity contribution is -0.117. The van der Waals surface area contributed by atoms with Crippen molar-refractivity contribution < 1.29 is 17.9 Å². The van der Waals surface area contributed by atoms with E-state index in [1.807, 2.05) is 0 Å². The van der Waals surface area contributed by atoms with Crippen LogP contribution in [0.25, 0.3) is 0 Å². The van der Waals surface area contributed by atoms with Crippen molar-refractivity contribution in [3.8, 4) is 0 Å². The lowest BCUT2D eigenvalue weighted by Gasteiger charge is -2.46. The quantitative estimate of drug-likeness (QED) is 0.756. The standard InChI is InChI=1S/C20H27N3O4S/c1-21-18-6-5-17(9-15(18)10-19(21)24)28(25,26)23-13-20(14-23)11-16(12-27-20)22-7-3-2-4-8-22/h5-6,9,16H,2-4,7-8,10-14H2,1H3. The molecule has 0 aliphatic carbocycles. The number of hydrogen-bond acceptors (Lipinski definition) is 5. The second-order valence-corrected chi connectivity index (χ2v) is 10.6. The molecule has 0 bridgehead atoms. The molecule has 4 aliphatic heterocycles. The summed E-state index contributed by atoms with van der Waals surface area (Å²) in [5, 5.41) is 0. The van der Waals surface area contributed by atoms with Gasteiger partial charge < -0.3 is 9.64 Å². The Balaban J connectivity index is 1.27. The number of amides is 1. The summed E-state index contributed by atoms with van der Waals surface area (Å²) < 4.78 is 33.8. The molecule has 1 amide bonds. The third-order valence-electron chi connectivity index (χ3n) is 6.79. The van der Waals surface area contributed by atoms with Crippen molar-refractivity contribution in [3.05, 3.63) is 23.8 Å². The fourth-order valence-electron chi connectivity index (χ4n) is 5.08. The Morgan fingerprint density at radius 3 is 2.64 bits per heavy atom. The third-order valence-corrected chi connectivity index (χ3v) is 8.58. The van der Waals surface area contributed by atoms with Crippen molar-refractivity contribution in [3.63, 3.8) is 0 Å². The van der Waals surface area contributed by atoms with E-state index in [0.717, 1.165) is 30.8 Å². The molecule has 1 aromatic rings. The summed E-state index contributed by atoms with van der Waals surface area (Å²) in [6, 6.07) is 5.43. The minimum absolute atomic E-state index is 0.00411. The number of nitrogens with zero attached hydrogens (tertiary/aromatic N) is 3. The molecule has 0 saturated carbocycles. The van der Waals surface area contributed by atoms with Crippen LogP contribution in [-0.4, -0.2) is 75.0 Å². The Bertz CT molecular complexity index is 904. The van der Waals surface area contributed by atoms with Crippen LogP contribution in [0.2, 0.25) is 0 Å². The van der Waals surface area contributed by atoms with Crippen LogP contribution in [0.3, 0.4) is 0 Å². The number of fused-ring (bicyclic) bond motifs is 1. The Morgan fingerprint density at radius 1 is 1.14 bits per heavy atom. The smallest absolute Gasteiger partial charge is 0.243 e. The molecular weight excluding hydrogens is 378 g/mol. The van der Waals surface area contributed by atoms with Gasteiger partial charge in [0.05, 0.1) is 23.5 Å². The van der Waals surface area contributed by atoms with Gasteiger partial charge in [-0.25, -0.2) is 8.42 Å². The second-order valence-electron chi connectivity index (χ2n) is 8.64. The molecule has 8 heteroatoms. The van der Waals surface area contributed by atoms with Crippen LogP contribution in [0.15, 0.2) is 23.1 Å². The summed E-state index contributed by atoms with van der Waals surface area (Å²) in [4.78, 5) is 16.2. The molecular formula is C20H27N3O4S. The molecule has 0 radical (unpaired) electrons. The number of anilines is 1. The summed E-state index contributed by atoms with van der Waals surface area (Å²) >= 11 is 0. The number of carbonyl (C=O) groups is 1. The lowest BCUT2D eigenvalue weighted by Crippen LogP contribution is -2.63. The van der Waals surface area contributed by atoms with E-state index in [4.69, 9.17) is 4.74 Å². The van der Waals surface area contributed by atoms with Gasteiger partial charge in [0.25, 0.3) is 0 Å². The van der Waals surface area contributed by atoms with Gasteiger partial charge in [-0.2, -0.15) is 4.31 Å². The van der Waals surface area contributed by atoms with Crippen LogP contribution in [-0.2, 0) is 26.0 Å². The van der Waals surface area contributed by atoms with Gasteiger partial charge in [-0.15, -0.1) is 0 Å². The topological polar surface area (TPSA) is 70.2 Å². The van der Waals surface area contributed by atoms with E-state index in [1.54, 1.807) is 30.1 Å². The maximum absolute atomic E-state index is 13.1. The number of benzene rings is 1. The number of hydrogen-bond donors (Lipinski definition) is 0. The van der Waals surface area contributed by atoms with Crippen molar-refractivity contribution in [2.75, 3.05) is 44.7 Å². The van der Waals surface area contributed by atoms with Crippen LogP contribution >= 0.6 is 0 Å². The van der Waals surface area contributed by atoms with Crippen molar-refractivity contribution in [1.82, 2.24) is 9.21 Å². The average Bonchev–Trinajstić information content (AvgIpc) is 3.23. The van der Waals surface area contributed by atoms with E-state index in [0.29, 0.717) is 25.7 Å².